The topological polar surface area (TPSA) is 35.5 Å². The number of ether oxygens (including phenoxy) is 2. The smallest absolute Gasteiger partial charge is 0.457 e. The van der Waals surface area contributed by atoms with E-state index in [1.807, 2.05) is 5.92 Å². The monoisotopic (exact) mass is 272 g/mol. The molecule has 6 heteroatoms. The van der Waals surface area contributed by atoms with E-state index in [1.54, 1.807) is 12.1 Å². The van der Waals surface area contributed by atoms with Crippen molar-refractivity contribution in [1.29, 1.82) is 0 Å². The molecule has 1 unspecified atom stereocenters. The third kappa shape index (κ3) is 5.34. The maximum Gasteiger partial charge on any atom is 0.457 e. The number of alkyl halides is 3. The predicted molar refractivity (Wildman–Crippen MR) is 61.3 cm³/mol. The Morgan fingerprint density at radius 2 is 1.84 bits per heavy atom. The van der Waals surface area contributed by atoms with Crippen LogP contribution in [0.5, 0.6) is 5.75 Å². The van der Waals surface area contributed by atoms with Crippen molar-refractivity contribution in [3.63, 3.8) is 0 Å². The molecular weight excluding hydrogens is 261 g/mol. The van der Waals surface area contributed by atoms with Gasteiger partial charge in [-0.05, 0) is 18.1 Å². The molecule has 19 heavy (non-hydrogen) atoms. The van der Waals surface area contributed by atoms with E-state index < -0.39 is 18.2 Å². The Morgan fingerprint density at radius 3 is 2.26 bits per heavy atom. The van der Waals surface area contributed by atoms with Crippen LogP contribution in [-0.2, 0) is 9.53 Å². The molecule has 0 aliphatic rings. The third-order valence-electron chi connectivity index (χ3n) is 2.05. The normalized spacial score (nSPS) is 12.1. The highest BCUT2D eigenvalue weighted by Gasteiger charge is 2.24. The van der Waals surface area contributed by atoms with Crippen LogP contribution in [0.15, 0.2) is 24.3 Å². The maximum absolute atomic E-state index is 12.1. The van der Waals surface area contributed by atoms with E-state index in [0.29, 0.717) is 11.3 Å². The van der Waals surface area contributed by atoms with Crippen molar-refractivity contribution < 1.29 is 27.4 Å². The summed E-state index contributed by atoms with van der Waals surface area (Å²) in [5, 5.41) is 0. The van der Waals surface area contributed by atoms with E-state index in [4.69, 9.17) is 9.47 Å². The van der Waals surface area contributed by atoms with E-state index in [1.165, 1.54) is 19.2 Å². The highest BCUT2D eigenvalue weighted by Crippen LogP contribution is 2.21. The molecule has 0 fully saturated rings. The molecule has 1 aromatic carbocycles. The Morgan fingerprint density at radius 1 is 1.26 bits per heavy atom. The van der Waals surface area contributed by atoms with Gasteiger partial charge in [0.15, 0.2) is 6.10 Å². The number of carbonyl (C=O) groups is 1. The summed E-state index contributed by atoms with van der Waals surface area (Å²) >= 11 is 0. The molecule has 0 aromatic heterocycles. The van der Waals surface area contributed by atoms with Gasteiger partial charge in [-0.2, -0.15) is 13.2 Å². The van der Waals surface area contributed by atoms with Gasteiger partial charge in [0.1, 0.15) is 5.75 Å². The summed E-state index contributed by atoms with van der Waals surface area (Å²) in [5.41, 5.74) is 0.341. The van der Waals surface area contributed by atoms with Crippen molar-refractivity contribution in [2.75, 3.05) is 7.11 Å². The highest BCUT2D eigenvalue weighted by atomic mass is 19.4. The lowest BCUT2D eigenvalue weighted by Gasteiger charge is -2.12. The Labute approximate surface area is 108 Å². The number of halogens is 3. The van der Waals surface area contributed by atoms with Gasteiger partial charge in [-0.1, -0.05) is 12.1 Å². The van der Waals surface area contributed by atoms with E-state index in [2.05, 4.69) is 0 Å². The molecule has 0 aliphatic heterocycles. The molecule has 1 rings (SSSR count). The number of rotatable bonds is 3. The summed E-state index contributed by atoms with van der Waals surface area (Å²) < 4.78 is 45.8. The third-order valence-corrected chi connectivity index (χ3v) is 2.05. The Hall–Kier alpha value is -2.16. The number of carbonyl (C=O) groups excluding carboxylic acids is 1. The van der Waals surface area contributed by atoms with Crippen LogP contribution in [0.2, 0.25) is 0 Å². The van der Waals surface area contributed by atoms with Gasteiger partial charge in [-0.15, -0.1) is 0 Å². The highest BCUT2D eigenvalue weighted by molar-refractivity contribution is 5.66. The molecule has 1 aromatic rings. The predicted octanol–water partition coefficient (Wildman–Crippen LogP) is 2.87. The second-order valence-electron chi connectivity index (χ2n) is 3.53. The van der Waals surface area contributed by atoms with Crippen molar-refractivity contribution in [2.45, 2.75) is 19.2 Å². The van der Waals surface area contributed by atoms with Crippen LogP contribution < -0.4 is 4.74 Å². The Kier molecular flexibility index (Phi) is 4.81. The minimum Gasteiger partial charge on any atom is -0.497 e. The first-order chi connectivity index (χ1) is 8.81. The largest absolute Gasteiger partial charge is 0.497 e. The van der Waals surface area contributed by atoms with Gasteiger partial charge in [-0.25, -0.2) is 0 Å². The zero-order valence-electron chi connectivity index (χ0n) is 10.2. The van der Waals surface area contributed by atoms with E-state index in [-0.39, 0.29) is 0 Å². The summed E-state index contributed by atoms with van der Waals surface area (Å²) in [6, 6.07) is 6.05. The summed E-state index contributed by atoms with van der Waals surface area (Å²) in [6.07, 6.45) is -5.89. The van der Waals surface area contributed by atoms with Crippen molar-refractivity contribution in [2.24, 2.45) is 0 Å². The maximum atomic E-state index is 12.1. The molecular formula is C13H11F3O3. The lowest BCUT2D eigenvalue weighted by atomic mass is 10.1. The molecule has 0 saturated heterocycles. The second kappa shape index (κ2) is 6.14. The molecule has 0 amide bonds. The number of esters is 1. The molecule has 3 nitrogen and oxygen atoms in total. The summed E-state index contributed by atoms with van der Waals surface area (Å²) in [5.74, 6) is 2.81. The summed E-state index contributed by atoms with van der Waals surface area (Å²) in [4.78, 5) is 10.9. The fourth-order valence-corrected chi connectivity index (χ4v) is 1.27. The quantitative estimate of drug-likeness (QED) is 0.627. The van der Waals surface area contributed by atoms with Gasteiger partial charge in [0.2, 0.25) is 0 Å². The van der Waals surface area contributed by atoms with E-state index in [0.717, 1.165) is 12.8 Å². The molecule has 0 aliphatic carbocycles. The van der Waals surface area contributed by atoms with Crippen LogP contribution in [0.1, 0.15) is 18.6 Å². The molecule has 0 saturated carbocycles. The van der Waals surface area contributed by atoms with Crippen LogP contribution >= 0.6 is 0 Å². The Bertz CT molecular complexity index is 495. The molecule has 102 valence electrons. The van der Waals surface area contributed by atoms with Crippen LogP contribution in [0, 0.1) is 11.8 Å². The standard InChI is InChI=1S/C13H11F3O3/c1-9(17)19-12(7-8-13(14,15)16)10-3-5-11(18-2)6-4-10/h3-6,12H,1-2H3. The van der Waals surface area contributed by atoms with Gasteiger partial charge in [-0.3, -0.25) is 4.79 Å². The molecule has 0 bridgehead atoms. The zero-order valence-corrected chi connectivity index (χ0v) is 10.2. The van der Waals surface area contributed by atoms with Crippen molar-refractivity contribution in [3.05, 3.63) is 29.8 Å². The van der Waals surface area contributed by atoms with Crippen molar-refractivity contribution in [3.8, 4) is 17.6 Å². The fraction of sp³-hybridized carbons (Fsp3) is 0.308. The van der Waals surface area contributed by atoms with Gasteiger partial charge in [0.05, 0.1) is 7.11 Å². The first kappa shape index (κ1) is 14.9. The second-order valence-corrected chi connectivity index (χ2v) is 3.53. The number of hydrogen-bond acceptors (Lipinski definition) is 3. The van der Waals surface area contributed by atoms with Crippen LogP contribution in [0.25, 0.3) is 0 Å². The van der Waals surface area contributed by atoms with E-state index >= 15 is 0 Å². The van der Waals surface area contributed by atoms with Crippen molar-refractivity contribution in [1.82, 2.24) is 0 Å². The number of methoxy groups -OCH3 is 1. The lowest BCUT2D eigenvalue weighted by Crippen LogP contribution is -2.09. The minimum absolute atomic E-state index is 0.341. The first-order valence-corrected chi connectivity index (χ1v) is 5.22. The fourth-order valence-electron chi connectivity index (χ4n) is 1.27. The lowest BCUT2D eigenvalue weighted by molar-refractivity contribution is -0.144. The molecule has 0 spiro atoms. The minimum atomic E-state index is -4.63. The zero-order chi connectivity index (χ0) is 14.5. The van der Waals surface area contributed by atoms with Crippen LogP contribution in [0.4, 0.5) is 13.2 Å². The SMILES string of the molecule is COc1ccc(C(C#CC(F)(F)F)OC(C)=O)cc1. The Balaban J connectivity index is 3.00. The molecule has 0 radical (unpaired) electrons. The van der Waals surface area contributed by atoms with Gasteiger partial charge < -0.3 is 9.47 Å². The van der Waals surface area contributed by atoms with Gasteiger partial charge in [0, 0.05) is 18.4 Å². The number of hydrogen-bond donors (Lipinski definition) is 0. The van der Waals surface area contributed by atoms with Gasteiger partial charge in [0.25, 0.3) is 0 Å². The summed E-state index contributed by atoms with van der Waals surface area (Å²) in [6.45, 7) is 1.10. The molecule has 0 N–H and O–H groups in total. The summed E-state index contributed by atoms with van der Waals surface area (Å²) in [7, 11) is 1.46. The van der Waals surface area contributed by atoms with Gasteiger partial charge >= 0.3 is 12.1 Å². The van der Waals surface area contributed by atoms with E-state index in [9.17, 15) is 18.0 Å². The van der Waals surface area contributed by atoms with Crippen LogP contribution in [0.3, 0.4) is 0 Å². The van der Waals surface area contributed by atoms with Crippen molar-refractivity contribution >= 4 is 5.97 Å². The molecule has 1 atom stereocenters. The molecule has 0 heterocycles. The first-order valence-electron chi connectivity index (χ1n) is 5.22. The average molecular weight is 272 g/mol. The number of benzene rings is 1. The van der Waals surface area contributed by atoms with Crippen LogP contribution in [-0.4, -0.2) is 19.3 Å². The average Bonchev–Trinajstić information content (AvgIpc) is 2.33.